The van der Waals surface area contributed by atoms with Gasteiger partial charge in [-0.05, 0) is 13.0 Å². The number of pyridine rings is 1. The van der Waals surface area contributed by atoms with Gasteiger partial charge in [0.2, 0.25) is 5.69 Å². The van der Waals surface area contributed by atoms with Gasteiger partial charge in [-0.15, -0.1) is 0 Å². The highest BCUT2D eigenvalue weighted by molar-refractivity contribution is 5.63. The molecule has 0 radical (unpaired) electrons. The second kappa shape index (κ2) is 5.46. The minimum Gasteiger partial charge on any atom is -0.326 e. The van der Waals surface area contributed by atoms with E-state index in [4.69, 9.17) is 11.0 Å². The first-order chi connectivity index (χ1) is 9.51. The van der Waals surface area contributed by atoms with Crippen molar-refractivity contribution in [3.8, 4) is 17.3 Å². The molecule has 0 amide bonds. The highest BCUT2D eigenvalue weighted by atomic mass is 16.6. The van der Waals surface area contributed by atoms with Crippen molar-refractivity contribution in [1.82, 2.24) is 14.8 Å². The zero-order valence-electron chi connectivity index (χ0n) is 10.7. The van der Waals surface area contributed by atoms with Crippen molar-refractivity contribution >= 4 is 5.69 Å². The standard InChI is InChI=1S/C12H12N6O2/c1-8(14)7-17-3-2-10(16-17)9-4-12(18(19)20)11(5-13)15-6-9/h2-4,6,8H,7,14H2,1H3/t8-/m1/s1. The molecule has 2 aromatic rings. The minimum atomic E-state index is -0.631. The van der Waals surface area contributed by atoms with E-state index >= 15 is 0 Å². The maximum atomic E-state index is 10.9. The lowest BCUT2D eigenvalue weighted by molar-refractivity contribution is -0.385. The summed E-state index contributed by atoms with van der Waals surface area (Å²) >= 11 is 0. The molecule has 8 nitrogen and oxygen atoms in total. The van der Waals surface area contributed by atoms with Crippen molar-refractivity contribution in [2.24, 2.45) is 5.73 Å². The monoisotopic (exact) mass is 272 g/mol. The smallest absolute Gasteiger partial charge is 0.306 e. The highest BCUT2D eigenvalue weighted by Gasteiger charge is 2.17. The van der Waals surface area contributed by atoms with Gasteiger partial charge in [-0.25, -0.2) is 4.98 Å². The van der Waals surface area contributed by atoms with E-state index in [1.807, 2.05) is 6.92 Å². The average molecular weight is 272 g/mol. The number of aromatic nitrogens is 3. The molecule has 102 valence electrons. The first-order valence-electron chi connectivity index (χ1n) is 5.85. The van der Waals surface area contributed by atoms with Gasteiger partial charge in [0.1, 0.15) is 6.07 Å². The Morgan fingerprint density at radius 1 is 1.65 bits per heavy atom. The Hall–Kier alpha value is -2.79. The van der Waals surface area contributed by atoms with Crippen LogP contribution < -0.4 is 5.73 Å². The first-order valence-corrected chi connectivity index (χ1v) is 5.85. The fourth-order valence-electron chi connectivity index (χ4n) is 1.73. The van der Waals surface area contributed by atoms with E-state index in [2.05, 4.69) is 10.1 Å². The number of nitro groups is 1. The Bertz CT molecular complexity index is 685. The molecule has 0 spiro atoms. The van der Waals surface area contributed by atoms with Gasteiger partial charge in [0.05, 0.1) is 17.2 Å². The predicted octanol–water partition coefficient (Wildman–Crippen LogP) is 1.07. The molecule has 0 aliphatic rings. The van der Waals surface area contributed by atoms with Crippen molar-refractivity contribution in [3.05, 3.63) is 40.3 Å². The Balaban J connectivity index is 2.38. The molecule has 2 N–H and O–H groups in total. The van der Waals surface area contributed by atoms with Crippen LogP contribution in [-0.4, -0.2) is 25.7 Å². The zero-order valence-corrected chi connectivity index (χ0v) is 10.7. The van der Waals surface area contributed by atoms with Gasteiger partial charge >= 0.3 is 5.69 Å². The molecule has 8 heteroatoms. The lowest BCUT2D eigenvalue weighted by Crippen LogP contribution is -2.22. The number of rotatable bonds is 4. The van der Waals surface area contributed by atoms with Gasteiger partial charge in [0.15, 0.2) is 0 Å². The molecule has 0 aromatic carbocycles. The summed E-state index contributed by atoms with van der Waals surface area (Å²) in [5.74, 6) is 0. The van der Waals surface area contributed by atoms with Gasteiger partial charge < -0.3 is 5.73 Å². The minimum absolute atomic E-state index is 0.0452. The molecule has 0 fully saturated rings. The van der Waals surface area contributed by atoms with Crippen LogP contribution in [0.15, 0.2) is 24.5 Å². The van der Waals surface area contributed by atoms with Gasteiger partial charge in [-0.3, -0.25) is 14.8 Å². The van der Waals surface area contributed by atoms with Crippen LogP contribution in [0.4, 0.5) is 5.69 Å². The SMILES string of the molecule is C[C@@H](N)Cn1ccc(-c2cnc(C#N)c([N+](=O)[O-])c2)n1. The van der Waals surface area contributed by atoms with Gasteiger partial charge in [0, 0.05) is 30.1 Å². The molecule has 2 aromatic heterocycles. The number of nitrogens with zero attached hydrogens (tertiary/aromatic N) is 5. The largest absolute Gasteiger partial charge is 0.326 e. The van der Waals surface area contributed by atoms with Gasteiger partial charge in [-0.1, -0.05) is 0 Å². The van der Waals surface area contributed by atoms with E-state index in [1.54, 1.807) is 23.0 Å². The van der Waals surface area contributed by atoms with Gasteiger partial charge in [0.25, 0.3) is 0 Å². The summed E-state index contributed by atoms with van der Waals surface area (Å²) in [5.41, 5.74) is 6.17. The fraction of sp³-hybridized carbons (Fsp3) is 0.250. The van der Waals surface area contributed by atoms with Crippen LogP contribution in [0.2, 0.25) is 0 Å². The topological polar surface area (TPSA) is 124 Å². The molecule has 0 saturated heterocycles. The molecule has 0 unspecified atom stereocenters. The molecular formula is C12H12N6O2. The molecule has 0 bridgehead atoms. The van der Waals surface area contributed by atoms with E-state index in [0.717, 1.165) is 0 Å². The van der Waals surface area contributed by atoms with Crippen molar-refractivity contribution in [2.45, 2.75) is 19.5 Å². The molecule has 20 heavy (non-hydrogen) atoms. The Kier molecular flexibility index (Phi) is 3.72. The van der Waals surface area contributed by atoms with E-state index in [-0.39, 0.29) is 17.4 Å². The number of hydrogen-bond donors (Lipinski definition) is 1. The third kappa shape index (κ3) is 2.78. The van der Waals surface area contributed by atoms with E-state index < -0.39 is 4.92 Å². The Labute approximate surface area is 114 Å². The molecule has 0 aliphatic heterocycles. The first kappa shape index (κ1) is 13.6. The summed E-state index contributed by atoms with van der Waals surface area (Å²) in [6.45, 7) is 2.40. The summed E-state index contributed by atoms with van der Waals surface area (Å²) in [6.07, 6.45) is 3.13. The van der Waals surface area contributed by atoms with Crippen molar-refractivity contribution in [1.29, 1.82) is 5.26 Å². The summed E-state index contributed by atoms with van der Waals surface area (Å²) < 4.78 is 1.66. The Morgan fingerprint density at radius 2 is 2.40 bits per heavy atom. The van der Waals surface area contributed by atoms with Crippen LogP contribution >= 0.6 is 0 Å². The van der Waals surface area contributed by atoms with E-state index in [9.17, 15) is 10.1 Å². The third-order valence-electron chi connectivity index (χ3n) is 2.58. The quantitative estimate of drug-likeness (QED) is 0.655. The van der Waals surface area contributed by atoms with Crippen LogP contribution in [0.25, 0.3) is 11.3 Å². The molecule has 1 atom stereocenters. The maximum Gasteiger partial charge on any atom is 0.306 e. The summed E-state index contributed by atoms with van der Waals surface area (Å²) in [5, 5.41) is 23.9. The van der Waals surface area contributed by atoms with Crippen molar-refractivity contribution < 1.29 is 4.92 Å². The summed E-state index contributed by atoms with van der Waals surface area (Å²) in [4.78, 5) is 14.0. The van der Waals surface area contributed by atoms with Gasteiger partial charge in [-0.2, -0.15) is 10.4 Å². The second-order valence-corrected chi connectivity index (χ2v) is 4.36. The van der Waals surface area contributed by atoms with Crippen LogP contribution in [0.1, 0.15) is 12.6 Å². The highest BCUT2D eigenvalue weighted by Crippen LogP contribution is 2.23. The fourth-order valence-corrected chi connectivity index (χ4v) is 1.73. The number of nitriles is 1. The molecule has 2 heterocycles. The maximum absolute atomic E-state index is 10.9. The predicted molar refractivity (Wildman–Crippen MR) is 70.5 cm³/mol. The lowest BCUT2D eigenvalue weighted by atomic mass is 10.2. The molecule has 0 aliphatic carbocycles. The summed E-state index contributed by atoms with van der Waals surface area (Å²) in [6, 6.07) is 4.66. The van der Waals surface area contributed by atoms with Crippen LogP contribution in [-0.2, 0) is 6.54 Å². The molecular weight excluding hydrogens is 260 g/mol. The van der Waals surface area contributed by atoms with Crippen molar-refractivity contribution in [3.63, 3.8) is 0 Å². The molecule has 2 rings (SSSR count). The lowest BCUT2D eigenvalue weighted by Gasteiger charge is -2.04. The van der Waals surface area contributed by atoms with Crippen LogP contribution in [0, 0.1) is 21.4 Å². The number of nitrogens with two attached hydrogens (primary N) is 1. The molecule has 0 saturated carbocycles. The summed E-state index contributed by atoms with van der Waals surface area (Å²) in [7, 11) is 0. The van der Waals surface area contributed by atoms with Crippen LogP contribution in [0.5, 0.6) is 0 Å². The zero-order chi connectivity index (χ0) is 14.7. The second-order valence-electron chi connectivity index (χ2n) is 4.36. The van der Waals surface area contributed by atoms with E-state index in [1.165, 1.54) is 12.3 Å². The van der Waals surface area contributed by atoms with E-state index in [0.29, 0.717) is 17.8 Å². The number of hydrogen-bond acceptors (Lipinski definition) is 6. The van der Waals surface area contributed by atoms with Crippen molar-refractivity contribution in [2.75, 3.05) is 0 Å². The average Bonchev–Trinajstić information content (AvgIpc) is 2.85. The third-order valence-corrected chi connectivity index (χ3v) is 2.58. The Morgan fingerprint density at radius 3 is 3.00 bits per heavy atom. The normalized spacial score (nSPS) is 11.8. The van der Waals surface area contributed by atoms with Crippen LogP contribution in [0.3, 0.4) is 0 Å².